The van der Waals surface area contributed by atoms with Gasteiger partial charge in [0, 0.05) is 5.69 Å². The molecule has 0 aliphatic carbocycles. The van der Waals surface area contributed by atoms with Crippen LogP contribution in [0.3, 0.4) is 0 Å². The van der Waals surface area contributed by atoms with Crippen molar-refractivity contribution >= 4 is 5.69 Å². The van der Waals surface area contributed by atoms with Gasteiger partial charge in [-0.1, -0.05) is 24.3 Å². The SMILES string of the molecule is COc1ccc(C(CO)Nc2ccccc2)cc1F. The summed E-state index contributed by atoms with van der Waals surface area (Å²) in [4.78, 5) is 0. The minimum absolute atomic E-state index is 0.124. The Hall–Kier alpha value is -2.07. The number of hydrogen-bond acceptors (Lipinski definition) is 3. The van der Waals surface area contributed by atoms with Crippen molar-refractivity contribution in [1.82, 2.24) is 0 Å². The molecule has 0 aliphatic rings. The van der Waals surface area contributed by atoms with Gasteiger partial charge in [0.05, 0.1) is 19.8 Å². The molecule has 0 bridgehead atoms. The first-order valence-electron chi connectivity index (χ1n) is 6.00. The Morgan fingerprint density at radius 2 is 1.95 bits per heavy atom. The number of aliphatic hydroxyl groups excluding tert-OH is 1. The van der Waals surface area contributed by atoms with Crippen LogP contribution in [0.5, 0.6) is 5.75 Å². The first-order chi connectivity index (χ1) is 9.24. The number of para-hydroxylation sites is 1. The Morgan fingerprint density at radius 1 is 1.21 bits per heavy atom. The lowest BCUT2D eigenvalue weighted by atomic mass is 10.1. The van der Waals surface area contributed by atoms with Gasteiger partial charge in [0.1, 0.15) is 0 Å². The first kappa shape index (κ1) is 13.4. The molecule has 2 rings (SSSR count). The second-order valence-corrected chi connectivity index (χ2v) is 4.14. The third kappa shape index (κ3) is 3.23. The van der Waals surface area contributed by atoms with E-state index in [0.717, 1.165) is 5.69 Å². The van der Waals surface area contributed by atoms with E-state index in [1.54, 1.807) is 12.1 Å². The largest absolute Gasteiger partial charge is 0.494 e. The van der Waals surface area contributed by atoms with Crippen LogP contribution in [0.1, 0.15) is 11.6 Å². The highest BCUT2D eigenvalue weighted by atomic mass is 19.1. The lowest BCUT2D eigenvalue weighted by Crippen LogP contribution is -2.15. The maximum absolute atomic E-state index is 13.7. The maximum atomic E-state index is 13.7. The maximum Gasteiger partial charge on any atom is 0.165 e. The molecular formula is C15H16FNO2. The molecule has 2 N–H and O–H groups in total. The Kier molecular flexibility index (Phi) is 4.36. The molecular weight excluding hydrogens is 245 g/mol. The Bertz CT molecular complexity index is 531. The zero-order valence-corrected chi connectivity index (χ0v) is 10.6. The van der Waals surface area contributed by atoms with E-state index in [9.17, 15) is 9.50 Å². The second-order valence-electron chi connectivity index (χ2n) is 4.14. The van der Waals surface area contributed by atoms with Crippen LogP contribution < -0.4 is 10.1 Å². The van der Waals surface area contributed by atoms with Crippen LogP contribution in [0.2, 0.25) is 0 Å². The smallest absolute Gasteiger partial charge is 0.165 e. The van der Waals surface area contributed by atoms with Crippen molar-refractivity contribution in [2.24, 2.45) is 0 Å². The molecule has 1 atom stereocenters. The minimum Gasteiger partial charge on any atom is -0.494 e. The summed E-state index contributed by atoms with van der Waals surface area (Å²) < 4.78 is 18.5. The molecule has 4 heteroatoms. The highest BCUT2D eigenvalue weighted by Gasteiger charge is 2.13. The number of aliphatic hydroxyl groups is 1. The zero-order chi connectivity index (χ0) is 13.7. The summed E-state index contributed by atoms with van der Waals surface area (Å²) in [6.07, 6.45) is 0. The van der Waals surface area contributed by atoms with E-state index < -0.39 is 5.82 Å². The molecule has 0 aromatic heterocycles. The van der Waals surface area contributed by atoms with Gasteiger partial charge in [0.15, 0.2) is 11.6 Å². The molecule has 0 spiro atoms. The predicted molar refractivity (Wildman–Crippen MR) is 72.8 cm³/mol. The molecule has 3 nitrogen and oxygen atoms in total. The Labute approximate surface area is 111 Å². The summed E-state index contributed by atoms with van der Waals surface area (Å²) in [5.41, 5.74) is 1.54. The predicted octanol–water partition coefficient (Wildman–Crippen LogP) is 2.98. The van der Waals surface area contributed by atoms with Gasteiger partial charge in [-0.3, -0.25) is 0 Å². The van der Waals surface area contributed by atoms with Crippen molar-refractivity contribution in [3.8, 4) is 5.75 Å². The van der Waals surface area contributed by atoms with Gasteiger partial charge in [0.25, 0.3) is 0 Å². The summed E-state index contributed by atoms with van der Waals surface area (Å²) in [6.45, 7) is -0.124. The normalized spacial score (nSPS) is 11.9. The molecule has 0 fully saturated rings. The second kappa shape index (κ2) is 6.20. The van der Waals surface area contributed by atoms with Gasteiger partial charge in [0.2, 0.25) is 0 Å². The summed E-state index contributed by atoms with van der Waals surface area (Å²) in [7, 11) is 1.42. The Morgan fingerprint density at radius 3 is 2.53 bits per heavy atom. The van der Waals surface area contributed by atoms with Crippen molar-refractivity contribution < 1.29 is 14.2 Å². The van der Waals surface area contributed by atoms with Crippen molar-refractivity contribution in [3.63, 3.8) is 0 Å². The fourth-order valence-electron chi connectivity index (χ4n) is 1.87. The van der Waals surface area contributed by atoms with Gasteiger partial charge in [-0.2, -0.15) is 0 Å². The molecule has 0 aliphatic heterocycles. The number of benzene rings is 2. The van der Waals surface area contributed by atoms with Crippen molar-refractivity contribution in [3.05, 3.63) is 59.9 Å². The molecule has 19 heavy (non-hydrogen) atoms. The van der Waals surface area contributed by atoms with Crippen LogP contribution in [-0.4, -0.2) is 18.8 Å². The van der Waals surface area contributed by atoms with Gasteiger partial charge in [-0.25, -0.2) is 4.39 Å². The summed E-state index contributed by atoms with van der Waals surface area (Å²) >= 11 is 0. The molecule has 2 aromatic rings. The number of nitrogens with one attached hydrogen (secondary N) is 1. The van der Waals surface area contributed by atoms with Crippen LogP contribution in [0, 0.1) is 5.82 Å². The summed E-state index contributed by atoms with van der Waals surface area (Å²) in [5, 5.41) is 12.6. The number of ether oxygens (including phenoxy) is 1. The van der Waals surface area contributed by atoms with E-state index in [-0.39, 0.29) is 18.4 Å². The number of methoxy groups -OCH3 is 1. The number of halogens is 1. The van der Waals surface area contributed by atoms with Gasteiger partial charge < -0.3 is 15.2 Å². The first-order valence-corrected chi connectivity index (χ1v) is 6.00. The summed E-state index contributed by atoms with van der Waals surface area (Å²) in [6, 6.07) is 13.8. The van der Waals surface area contributed by atoms with Crippen molar-refractivity contribution in [2.45, 2.75) is 6.04 Å². The van der Waals surface area contributed by atoms with Crippen LogP contribution >= 0.6 is 0 Å². The molecule has 0 radical (unpaired) electrons. The van der Waals surface area contributed by atoms with Gasteiger partial charge >= 0.3 is 0 Å². The lowest BCUT2D eigenvalue weighted by Gasteiger charge is -2.18. The van der Waals surface area contributed by atoms with E-state index in [2.05, 4.69) is 5.32 Å². The van der Waals surface area contributed by atoms with E-state index in [4.69, 9.17) is 4.74 Å². The lowest BCUT2D eigenvalue weighted by molar-refractivity contribution is 0.276. The van der Waals surface area contributed by atoms with Crippen LogP contribution in [0.25, 0.3) is 0 Å². The molecule has 2 aromatic carbocycles. The highest BCUT2D eigenvalue weighted by molar-refractivity contribution is 5.45. The van der Waals surface area contributed by atoms with Gasteiger partial charge in [-0.05, 0) is 29.8 Å². The quantitative estimate of drug-likeness (QED) is 0.869. The fraction of sp³-hybridized carbons (Fsp3) is 0.200. The van der Waals surface area contributed by atoms with E-state index in [1.807, 2.05) is 30.3 Å². The van der Waals surface area contributed by atoms with Crippen LogP contribution in [0.4, 0.5) is 10.1 Å². The molecule has 1 unspecified atom stereocenters. The highest BCUT2D eigenvalue weighted by Crippen LogP contribution is 2.24. The van der Waals surface area contributed by atoms with Crippen LogP contribution in [-0.2, 0) is 0 Å². The van der Waals surface area contributed by atoms with E-state index in [0.29, 0.717) is 5.56 Å². The number of rotatable bonds is 5. The zero-order valence-electron chi connectivity index (χ0n) is 10.6. The third-order valence-corrected chi connectivity index (χ3v) is 2.88. The van der Waals surface area contributed by atoms with E-state index in [1.165, 1.54) is 13.2 Å². The molecule has 0 amide bonds. The average Bonchev–Trinajstić information content (AvgIpc) is 2.46. The minimum atomic E-state index is -0.437. The van der Waals surface area contributed by atoms with E-state index >= 15 is 0 Å². The number of anilines is 1. The molecule has 0 heterocycles. The fourth-order valence-corrected chi connectivity index (χ4v) is 1.87. The molecule has 0 saturated heterocycles. The van der Waals surface area contributed by atoms with Crippen molar-refractivity contribution in [2.75, 3.05) is 19.0 Å². The Balaban J connectivity index is 2.20. The van der Waals surface area contributed by atoms with Crippen LogP contribution in [0.15, 0.2) is 48.5 Å². The monoisotopic (exact) mass is 261 g/mol. The van der Waals surface area contributed by atoms with Crippen molar-refractivity contribution in [1.29, 1.82) is 0 Å². The topological polar surface area (TPSA) is 41.5 Å². The third-order valence-electron chi connectivity index (χ3n) is 2.88. The average molecular weight is 261 g/mol. The number of hydrogen-bond donors (Lipinski definition) is 2. The molecule has 0 saturated carbocycles. The standard InChI is InChI=1S/C15H16FNO2/c1-19-15-8-7-11(9-13(15)16)14(10-18)17-12-5-3-2-4-6-12/h2-9,14,17-18H,10H2,1H3. The van der Waals surface area contributed by atoms with Gasteiger partial charge in [-0.15, -0.1) is 0 Å². The summed E-state index contributed by atoms with van der Waals surface area (Å²) in [5.74, 6) is -0.242. The molecule has 100 valence electrons.